The Labute approximate surface area is 186 Å². The molecule has 0 saturated carbocycles. The first-order valence-corrected chi connectivity index (χ1v) is 13.3. The third kappa shape index (κ3) is 5.38. The van der Waals surface area contributed by atoms with Crippen LogP contribution in [0.3, 0.4) is 0 Å². The molecule has 1 fully saturated rings. The maximum absolute atomic E-state index is 12.9. The van der Waals surface area contributed by atoms with Gasteiger partial charge in [0.15, 0.2) is 0 Å². The van der Waals surface area contributed by atoms with E-state index in [1.54, 1.807) is 17.1 Å². The Morgan fingerprint density at radius 1 is 1.17 bits per heavy atom. The molecule has 2 aromatic rings. The van der Waals surface area contributed by atoms with E-state index in [0.29, 0.717) is 19.0 Å². The number of nitrogens with zero attached hydrogens (tertiary/aromatic N) is 1. The first-order valence-electron chi connectivity index (χ1n) is 9.86. The van der Waals surface area contributed by atoms with Crippen LogP contribution < -0.4 is 4.74 Å². The molecular weight excluding hydrogens is 442 g/mol. The molecule has 0 bridgehead atoms. The molecule has 0 N–H and O–H groups in total. The molecule has 164 valence electrons. The minimum absolute atomic E-state index is 0.0326. The van der Waals surface area contributed by atoms with Crippen molar-refractivity contribution in [1.82, 2.24) is 4.31 Å². The number of carbonyl (C=O) groups is 1. The lowest BCUT2D eigenvalue weighted by Gasteiger charge is -2.25. The van der Waals surface area contributed by atoms with Gasteiger partial charge in [0.1, 0.15) is 28.7 Å². The van der Waals surface area contributed by atoms with Crippen LogP contribution in [0, 0.1) is 6.92 Å². The van der Waals surface area contributed by atoms with Crippen molar-refractivity contribution in [3.63, 3.8) is 0 Å². The van der Waals surface area contributed by atoms with Crippen molar-refractivity contribution < 1.29 is 22.7 Å². The van der Waals surface area contributed by atoms with Gasteiger partial charge < -0.3 is 9.47 Å². The lowest BCUT2D eigenvalue weighted by molar-refractivity contribution is 0.0452. The van der Waals surface area contributed by atoms with Crippen molar-refractivity contribution in [2.75, 3.05) is 37.8 Å². The maximum Gasteiger partial charge on any atom is 0.349 e. The van der Waals surface area contributed by atoms with Gasteiger partial charge in [-0.05, 0) is 47.5 Å². The van der Waals surface area contributed by atoms with Crippen molar-refractivity contribution >= 4 is 39.1 Å². The lowest BCUT2D eigenvalue weighted by atomic mass is 9.98. The van der Waals surface area contributed by atoms with Gasteiger partial charge in [0.05, 0.1) is 0 Å². The minimum atomic E-state index is -3.69. The molecule has 0 aliphatic carbocycles. The highest BCUT2D eigenvalue weighted by Crippen LogP contribution is 2.28. The Kier molecular flexibility index (Phi) is 7.84. The van der Waals surface area contributed by atoms with E-state index < -0.39 is 16.0 Å². The largest absolute Gasteiger partial charge is 0.490 e. The molecule has 0 amide bonds. The summed E-state index contributed by atoms with van der Waals surface area (Å²) < 4.78 is 38.2. The highest BCUT2D eigenvalue weighted by atomic mass is 32.2. The summed E-state index contributed by atoms with van der Waals surface area (Å²) in [4.78, 5) is 12.6. The van der Waals surface area contributed by atoms with Gasteiger partial charge in [-0.15, -0.1) is 11.3 Å². The summed E-state index contributed by atoms with van der Waals surface area (Å²) in [6, 6.07) is 7.40. The van der Waals surface area contributed by atoms with Crippen LogP contribution in [0.2, 0.25) is 0 Å². The number of hydrogen-bond acceptors (Lipinski definition) is 7. The molecule has 9 heteroatoms. The van der Waals surface area contributed by atoms with E-state index in [2.05, 4.69) is 13.8 Å². The molecule has 6 nitrogen and oxygen atoms in total. The molecule has 30 heavy (non-hydrogen) atoms. The SMILES string of the molecule is Cc1cc(OCCOC(=O)c2sccc2S(=O)(=O)N2CCSCC2)ccc1C(C)C. The van der Waals surface area contributed by atoms with Crippen LogP contribution in [0.15, 0.2) is 34.5 Å². The average molecular weight is 470 g/mol. The van der Waals surface area contributed by atoms with Crippen LogP contribution in [-0.2, 0) is 14.8 Å². The number of benzene rings is 1. The zero-order valence-electron chi connectivity index (χ0n) is 17.4. The molecule has 1 aliphatic rings. The minimum Gasteiger partial charge on any atom is -0.490 e. The van der Waals surface area contributed by atoms with E-state index >= 15 is 0 Å². The van der Waals surface area contributed by atoms with Gasteiger partial charge in [-0.1, -0.05) is 19.9 Å². The van der Waals surface area contributed by atoms with Crippen molar-refractivity contribution in [3.8, 4) is 5.75 Å². The Morgan fingerprint density at radius 3 is 2.57 bits per heavy atom. The van der Waals surface area contributed by atoms with Crippen molar-refractivity contribution in [2.24, 2.45) is 0 Å². The fourth-order valence-corrected chi connectivity index (χ4v) is 7.18. The smallest absolute Gasteiger partial charge is 0.349 e. The highest BCUT2D eigenvalue weighted by Gasteiger charge is 2.31. The van der Waals surface area contributed by atoms with Gasteiger partial charge >= 0.3 is 5.97 Å². The standard InChI is InChI=1S/C21H27NO5S3/c1-15(2)18-5-4-17(14-16(18)3)26-9-10-27-21(23)20-19(6-11-29-20)30(24,25)22-7-12-28-13-8-22/h4-6,11,14-15H,7-10,12-13H2,1-3H3. The quantitative estimate of drug-likeness (QED) is 0.427. The van der Waals surface area contributed by atoms with Crippen molar-refractivity contribution in [2.45, 2.75) is 31.6 Å². The number of thioether (sulfide) groups is 1. The monoisotopic (exact) mass is 469 g/mol. The molecule has 1 aromatic heterocycles. The van der Waals surface area contributed by atoms with E-state index in [0.717, 1.165) is 34.2 Å². The molecule has 2 heterocycles. The Balaban J connectivity index is 1.56. The summed E-state index contributed by atoms with van der Waals surface area (Å²) in [6.45, 7) is 7.49. The van der Waals surface area contributed by atoms with Gasteiger partial charge in [-0.25, -0.2) is 13.2 Å². The summed E-state index contributed by atoms with van der Waals surface area (Å²) in [5.74, 6) is 2.05. The normalized spacial score (nSPS) is 15.3. The van der Waals surface area contributed by atoms with E-state index in [-0.39, 0.29) is 23.0 Å². The fraction of sp³-hybridized carbons (Fsp3) is 0.476. The zero-order valence-corrected chi connectivity index (χ0v) is 19.9. The topological polar surface area (TPSA) is 72.9 Å². The summed E-state index contributed by atoms with van der Waals surface area (Å²) in [6.07, 6.45) is 0. The number of ether oxygens (including phenoxy) is 2. The van der Waals surface area contributed by atoms with Gasteiger partial charge in [-0.2, -0.15) is 16.1 Å². The summed E-state index contributed by atoms with van der Waals surface area (Å²) >= 11 is 2.81. The van der Waals surface area contributed by atoms with Gasteiger partial charge in [0, 0.05) is 24.6 Å². The second kappa shape index (κ2) is 10.2. The van der Waals surface area contributed by atoms with Crippen LogP contribution in [0.4, 0.5) is 0 Å². The predicted molar refractivity (Wildman–Crippen MR) is 121 cm³/mol. The number of carbonyl (C=O) groups excluding carboxylic acids is 1. The second-order valence-electron chi connectivity index (χ2n) is 7.29. The van der Waals surface area contributed by atoms with Gasteiger partial charge in [0.2, 0.25) is 10.0 Å². The number of thiophene rings is 1. The Morgan fingerprint density at radius 2 is 1.90 bits per heavy atom. The van der Waals surface area contributed by atoms with Crippen molar-refractivity contribution in [1.29, 1.82) is 0 Å². The first kappa shape index (κ1) is 23.1. The molecule has 0 atom stereocenters. The number of rotatable bonds is 8. The summed E-state index contributed by atoms with van der Waals surface area (Å²) in [5.41, 5.74) is 2.43. The fourth-order valence-electron chi connectivity index (χ4n) is 3.32. The van der Waals surface area contributed by atoms with E-state index in [1.807, 2.05) is 25.1 Å². The van der Waals surface area contributed by atoms with E-state index in [4.69, 9.17) is 9.47 Å². The zero-order chi connectivity index (χ0) is 21.7. The highest BCUT2D eigenvalue weighted by molar-refractivity contribution is 7.99. The van der Waals surface area contributed by atoms with Gasteiger partial charge in [-0.3, -0.25) is 0 Å². The number of hydrogen-bond donors (Lipinski definition) is 0. The third-order valence-corrected chi connectivity index (χ3v) is 8.76. The summed E-state index contributed by atoms with van der Waals surface area (Å²) in [5, 5.41) is 1.61. The van der Waals surface area contributed by atoms with Gasteiger partial charge in [0.25, 0.3) is 0 Å². The van der Waals surface area contributed by atoms with E-state index in [1.165, 1.54) is 15.9 Å². The molecule has 1 aliphatic heterocycles. The maximum atomic E-state index is 12.9. The molecular formula is C21H27NO5S3. The Bertz CT molecular complexity index is 978. The van der Waals surface area contributed by atoms with Crippen LogP contribution >= 0.6 is 23.1 Å². The first-order chi connectivity index (χ1) is 14.3. The lowest BCUT2D eigenvalue weighted by Crippen LogP contribution is -2.38. The Hall–Kier alpha value is -1.55. The second-order valence-corrected chi connectivity index (χ2v) is 11.3. The van der Waals surface area contributed by atoms with E-state index in [9.17, 15) is 13.2 Å². The molecule has 1 aromatic carbocycles. The number of aryl methyl sites for hydroxylation is 1. The number of sulfonamides is 1. The van der Waals surface area contributed by atoms with Crippen LogP contribution in [0.5, 0.6) is 5.75 Å². The van der Waals surface area contributed by atoms with Crippen molar-refractivity contribution in [3.05, 3.63) is 45.6 Å². The number of esters is 1. The molecule has 0 radical (unpaired) electrons. The average Bonchev–Trinajstić information content (AvgIpc) is 3.22. The third-order valence-electron chi connectivity index (χ3n) is 4.85. The summed E-state index contributed by atoms with van der Waals surface area (Å²) in [7, 11) is -3.69. The molecule has 3 rings (SSSR count). The predicted octanol–water partition coefficient (Wildman–Crippen LogP) is 4.15. The van der Waals surface area contributed by atoms with Crippen LogP contribution in [0.1, 0.15) is 40.6 Å². The molecule has 1 saturated heterocycles. The molecule has 0 spiro atoms. The van der Waals surface area contributed by atoms with Crippen LogP contribution in [0.25, 0.3) is 0 Å². The van der Waals surface area contributed by atoms with Crippen LogP contribution in [-0.4, -0.2) is 56.5 Å². The molecule has 0 unspecified atom stereocenters.